The molecule has 0 aliphatic rings. The Morgan fingerprint density at radius 3 is 2.73 bits per heavy atom. The summed E-state index contributed by atoms with van der Waals surface area (Å²) in [7, 11) is 3.17. The van der Waals surface area contributed by atoms with E-state index in [0.717, 1.165) is 27.4 Å². The lowest BCUT2D eigenvalue weighted by atomic mass is 10.4. The third-order valence-electron chi connectivity index (χ3n) is 3.54. The lowest BCUT2D eigenvalue weighted by Crippen LogP contribution is -2.37. The summed E-state index contributed by atoms with van der Waals surface area (Å²) in [6, 6.07) is 7.38. The molecule has 0 atom stereocenters. The number of pyridine rings is 1. The van der Waals surface area contributed by atoms with Crippen LogP contribution in [0.1, 0.15) is 11.4 Å². The van der Waals surface area contributed by atoms with Gasteiger partial charge in [0.15, 0.2) is 0 Å². The normalized spacial score (nSPS) is 11.2. The zero-order valence-electron chi connectivity index (χ0n) is 12.4. The molecule has 0 amide bonds. The van der Waals surface area contributed by atoms with Gasteiger partial charge in [-0.15, -0.1) is 11.8 Å². The second-order valence-corrected chi connectivity index (χ2v) is 6.05. The highest BCUT2D eigenvalue weighted by molar-refractivity contribution is 7.97. The molecule has 3 heterocycles. The van der Waals surface area contributed by atoms with Gasteiger partial charge in [-0.2, -0.15) is 0 Å². The van der Waals surface area contributed by atoms with Crippen molar-refractivity contribution in [3.63, 3.8) is 0 Å². The summed E-state index contributed by atoms with van der Waals surface area (Å²) in [5.41, 5.74) is 2.05. The van der Waals surface area contributed by atoms with Gasteiger partial charge in [-0.3, -0.25) is 13.9 Å². The molecule has 22 heavy (non-hydrogen) atoms. The average Bonchev–Trinajstić information content (AvgIpc) is 2.93. The zero-order chi connectivity index (χ0) is 15.7. The predicted octanol–water partition coefficient (Wildman–Crippen LogP) is 1.17. The Morgan fingerprint density at radius 1 is 1.14 bits per heavy atom. The topological polar surface area (TPSA) is 61.3 Å². The van der Waals surface area contributed by atoms with Crippen LogP contribution in [-0.2, 0) is 25.6 Å². The van der Waals surface area contributed by atoms with E-state index < -0.39 is 0 Å². The first-order valence-electron chi connectivity index (χ1n) is 6.82. The minimum absolute atomic E-state index is 0.272. The number of hydrogen-bond acceptors (Lipinski definition) is 4. The Morgan fingerprint density at radius 2 is 1.95 bits per heavy atom. The first-order valence-corrected chi connectivity index (χ1v) is 7.98. The van der Waals surface area contributed by atoms with E-state index in [1.165, 1.54) is 17.7 Å². The van der Waals surface area contributed by atoms with Gasteiger partial charge in [0.2, 0.25) is 0 Å². The van der Waals surface area contributed by atoms with Gasteiger partial charge >= 0.3 is 5.69 Å². The first kappa shape index (κ1) is 14.6. The van der Waals surface area contributed by atoms with E-state index in [4.69, 9.17) is 0 Å². The van der Waals surface area contributed by atoms with Crippen LogP contribution in [0.25, 0.3) is 5.65 Å². The molecule has 3 aromatic rings. The van der Waals surface area contributed by atoms with Crippen molar-refractivity contribution in [3.05, 3.63) is 68.9 Å². The van der Waals surface area contributed by atoms with Crippen LogP contribution in [0.4, 0.5) is 0 Å². The Bertz CT molecular complexity index is 906. The van der Waals surface area contributed by atoms with Crippen molar-refractivity contribution >= 4 is 17.4 Å². The van der Waals surface area contributed by atoms with Crippen molar-refractivity contribution < 1.29 is 0 Å². The molecule has 0 aliphatic carbocycles. The van der Waals surface area contributed by atoms with Crippen LogP contribution in [0.5, 0.6) is 0 Å². The molecule has 3 rings (SSSR count). The van der Waals surface area contributed by atoms with E-state index in [1.54, 1.807) is 18.8 Å². The van der Waals surface area contributed by atoms with Crippen molar-refractivity contribution in [2.75, 3.05) is 0 Å². The summed E-state index contributed by atoms with van der Waals surface area (Å²) >= 11 is 1.63. The Labute approximate surface area is 131 Å². The summed E-state index contributed by atoms with van der Waals surface area (Å²) in [5.74, 6) is 1.32. The molecule has 0 fully saturated rings. The molecular formula is C15H16N4O2S. The standard InChI is InChI=1S/C15H16N4O2S/c1-17-12(7-14(20)18(2)15(17)21)10-22-9-11-8-19-6-4-3-5-13(19)16-11/h3-8H,9-10H2,1-2H3. The molecule has 0 spiro atoms. The summed E-state index contributed by atoms with van der Waals surface area (Å²) in [6.07, 6.45) is 3.95. The monoisotopic (exact) mass is 316 g/mol. The van der Waals surface area contributed by atoms with Gasteiger partial charge in [0.05, 0.1) is 5.69 Å². The first-order chi connectivity index (χ1) is 10.6. The summed E-state index contributed by atoms with van der Waals surface area (Å²) in [6.45, 7) is 0. The maximum Gasteiger partial charge on any atom is 0.330 e. The highest BCUT2D eigenvalue weighted by Crippen LogP contribution is 2.16. The van der Waals surface area contributed by atoms with Gasteiger partial charge in [0, 0.05) is 49.8 Å². The fourth-order valence-corrected chi connectivity index (χ4v) is 3.17. The van der Waals surface area contributed by atoms with E-state index in [0.29, 0.717) is 5.75 Å². The van der Waals surface area contributed by atoms with Crippen LogP contribution >= 0.6 is 11.8 Å². The molecule has 114 valence electrons. The van der Waals surface area contributed by atoms with E-state index in [9.17, 15) is 9.59 Å². The van der Waals surface area contributed by atoms with Gasteiger partial charge in [0.25, 0.3) is 5.56 Å². The smallest absolute Gasteiger partial charge is 0.307 e. The Balaban J connectivity index is 1.73. The van der Waals surface area contributed by atoms with Crippen molar-refractivity contribution in [1.82, 2.24) is 18.5 Å². The number of rotatable bonds is 4. The molecule has 6 nitrogen and oxygen atoms in total. The summed E-state index contributed by atoms with van der Waals surface area (Å²) in [4.78, 5) is 28.1. The Kier molecular flexibility index (Phi) is 3.89. The molecule has 0 aromatic carbocycles. The van der Waals surface area contributed by atoms with Crippen LogP contribution in [0.3, 0.4) is 0 Å². The average molecular weight is 316 g/mol. The van der Waals surface area contributed by atoms with Crippen LogP contribution in [0.15, 0.2) is 46.2 Å². The third kappa shape index (κ3) is 2.71. The number of aromatic nitrogens is 4. The quantitative estimate of drug-likeness (QED) is 0.725. The van der Waals surface area contributed by atoms with Gasteiger partial charge < -0.3 is 4.40 Å². The summed E-state index contributed by atoms with van der Waals surface area (Å²) < 4.78 is 4.60. The number of fused-ring (bicyclic) bond motifs is 1. The molecule has 3 aromatic heterocycles. The van der Waals surface area contributed by atoms with Gasteiger partial charge in [-0.1, -0.05) is 6.07 Å². The van der Waals surface area contributed by atoms with Gasteiger partial charge in [-0.25, -0.2) is 9.78 Å². The molecule has 0 bridgehead atoms. The van der Waals surface area contributed by atoms with Crippen molar-refractivity contribution in [2.45, 2.75) is 11.5 Å². The number of imidazole rings is 1. The maximum absolute atomic E-state index is 11.9. The lowest BCUT2D eigenvalue weighted by molar-refractivity contribution is 0.665. The van der Waals surface area contributed by atoms with E-state index in [2.05, 4.69) is 4.98 Å². The minimum Gasteiger partial charge on any atom is -0.307 e. The fourth-order valence-electron chi connectivity index (χ4n) is 2.23. The van der Waals surface area contributed by atoms with E-state index in [1.807, 2.05) is 35.0 Å². The molecule has 0 N–H and O–H groups in total. The van der Waals surface area contributed by atoms with Crippen LogP contribution < -0.4 is 11.2 Å². The lowest BCUT2D eigenvalue weighted by Gasteiger charge is -2.08. The second-order valence-electron chi connectivity index (χ2n) is 5.07. The number of hydrogen-bond donors (Lipinski definition) is 0. The van der Waals surface area contributed by atoms with Crippen LogP contribution in [0.2, 0.25) is 0 Å². The van der Waals surface area contributed by atoms with E-state index in [-0.39, 0.29) is 11.2 Å². The van der Waals surface area contributed by atoms with Crippen molar-refractivity contribution in [1.29, 1.82) is 0 Å². The van der Waals surface area contributed by atoms with Crippen molar-refractivity contribution in [3.8, 4) is 0 Å². The predicted molar refractivity (Wildman–Crippen MR) is 87.1 cm³/mol. The van der Waals surface area contributed by atoms with E-state index >= 15 is 0 Å². The van der Waals surface area contributed by atoms with Gasteiger partial charge in [-0.05, 0) is 12.1 Å². The largest absolute Gasteiger partial charge is 0.330 e. The van der Waals surface area contributed by atoms with Gasteiger partial charge in [0.1, 0.15) is 5.65 Å². The molecule has 7 heteroatoms. The SMILES string of the molecule is Cn1c(CSCc2cn3ccccc3n2)cc(=O)n(C)c1=O. The molecular weight excluding hydrogens is 300 g/mol. The fraction of sp³-hybridized carbons (Fsp3) is 0.267. The molecule has 0 aliphatic heterocycles. The maximum atomic E-state index is 11.9. The number of nitrogens with zero attached hydrogens (tertiary/aromatic N) is 4. The second kappa shape index (κ2) is 5.84. The molecule has 0 radical (unpaired) electrons. The van der Waals surface area contributed by atoms with Crippen LogP contribution in [-0.4, -0.2) is 18.5 Å². The highest BCUT2D eigenvalue weighted by atomic mass is 32.2. The zero-order valence-corrected chi connectivity index (χ0v) is 13.2. The Hall–Kier alpha value is -2.28. The third-order valence-corrected chi connectivity index (χ3v) is 4.54. The molecule has 0 unspecified atom stereocenters. The summed E-state index contributed by atoms with van der Waals surface area (Å²) in [5, 5.41) is 0. The highest BCUT2D eigenvalue weighted by Gasteiger charge is 2.07. The van der Waals surface area contributed by atoms with Crippen molar-refractivity contribution in [2.24, 2.45) is 14.1 Å². The molecule has 0 saturated carbocycles. The number of thioether (sulfide) groups is 1. The molecule has 0 saturated heterocycles. The minimum atomic E-state index is -0.296. The van der Waals surface area contributed by atoms with Crippen LogP contribution in [0, 0.1) is 0 Å².